The van der Waals surface area contributed by atoms with E-state index in [1.165, 1.54) is 0 Å². The fraction of sp³-hybridized carbons (Fsp3) is 0.480. The topological polar surface area (TPSA) is 54.0 Å². The van der Waals surface area contributed by atoms with Gasteiger partial charge in [0.15, 0.2) is 20.7 Å². The first-order valence-corrected chi connectivity index (χ1v) is 13.7. The van der Waals surface area contributed by atoms with E-state index in [9.17, 15) is 4.79 Å². The van der Waals surface area contributed by atoms with Crippen LogP contribution in [0.1, 0.15) is 38.3 Å². The van der Waals surface area contributed by atoms with Crippen LogP contribution >= 0.6 is 0 Å². The van der Waals surface area contributed by atoms with Gasteiger partial charge in [0.2, 0.25) is 5.79 Å². The molecule has 0 N–H and O–H groups in total. The van der Waals surface area contributed by atoms with Crippen molar-refractivity contribution < 1.29 is 23.4 Å². The lowest BCUT2D eigenvalue weighted by Gasteiger charge is -2.46. The molecule has 31 heavy (non-hydrogen) atoms. The number of ether oxygens (including phenoxy) is 3. The van der Waals surface area contributed by atoms with Crippen molar-refractivity contribution in [1.29, 1.82) is 0 Å². The molecule has 0 unspecified atom stereocenters. The molecule has 0 aromatic heterocycles. The summed E-state index contributed by atoms with van der Waals surface area (Å²) in [6.07, 6.45) is 1.16. The van der Waals surface area contributed by atoms with Gasteiger partial charge in [0.25, 0.3) is 0 Å². The Morgan fingerprint density at radius 1 is 1.13 bits per heavy atom. The summed E-state index contributed by atoms with van der Waals surface area (Å²) in [6.45, 7) is 11.1. The molecule has 0 amide bonds. The van der Waals surface area contributed by atoms with Crippen molar-refractivity contribution in [2.75, 3.05) is 7.11 Å². The van der Waals surface area contributed by atoms with Crippen LogP contribution < -0.4 is 9.47 Å². The molecule has 0 bridgehead atoms. The van der Waals surface area contributed by atoms with E-state index in [-0.39, 0.29) is 5.04 Å². The quantitative estimate of drug-likeness (QED) is 0.398. The second-order valence-corrected chi connectivity index (χ2v) is 14.3. The van der Waals surface area contributed by atoms with Gasteiger partial charge >= 0.3 is 0 Å². The summed E-state index contributed by atoms with van der Waals surface area (Å²) in [4.78, 5) is 12.4. The van der Waals surface area contributed by atoms with Crippen molar-refractivity contribution in [3.8, 4) is 11.5 Å². The normalized spacial score (nSPS) is 19.8. The maximum Gasteiger partial charge on any atom is 0.243 e. The van der Waals surface area contributed by atoms with Gasteiger partial charge in [-0.05, 0) is 42.2 Å². The predicted molar refractivity (Wildman–Crippen MR) is 124 cm³/mol. The van der Waals surface area contributed by atoms with Gasteiger partial charge in [-0.3, -0.25) is 0 Å². The number of methoxy groups -OCH3 is 1. The maximum absolute atomic E-state index is 12.4. The lowest BCUT2D eigenvalue weighted by Crippen LogP contribution is -2.58. The predicted octanol–water partition coefficient (Wildman–Crippen LogP) is 5.52. The number of aldehydes is 1. The van der Waals surface area contributed by atoms with E-state index in [2.05, 4.69) is 33.9 Å². The summed E-state index contributed by atoms with van der Waals surface area (Å²) < 4.78 is 24.9. The minimum atomic E-state index is -2.25. The molecule has 0 saturated heterocycles. The highest BCUT2D eigenvalue weighted by atomic mass is 28.4. The molecule has 5 nitrogen and oxygen atoms in total. The third kappa shape index (κ3) is 5.02. The number of fused-ring (bicyclic) bond motifs is 1. The minimum Gasteiger partial charge on any atom is -0.496 e. The van der Waals surface area contributed by atoms with Crippen molar-refractivity contribution >= 4 is 14.6 Å². The Bertz CT molecular complexity index is 891. The van der Waals surface area contributed by atoms with Crippen molar-refractivity contribution in [3.05, 3.63) is 59.7 Å². The Morgan fingerprint density at radius 3 is 2.45 bits per heavy atom. The molecule has 2 atom stereocenters. The van der Waals surface area contributed by atoms with Crippen LogP contribution in [0.25, 0.3) is 0 Å². The molecule has 0 radical (unpaired) electrons. The fourth-order valence-corrected chi connectivity index (χ4v) is 4.72. The van der Waals surface area contributed by atoms with Crippen LogP contribution in [0.2, 0.25) is 18.1 Å². The van der Waals surface area contributed by atoms with Gasteiger partial charge in [-0.15, -0.1) is 0 Å². The SMILES string of the molecule is COc1cccc2c1CC[C@](OCc1ccccc1)([C@@H](C=O)O[Si](C)(C)C(C)(C)C)O2. The number of rotatable bonds is 8. The minimum absolute atomic E-state index is 0.0509. The lowest BCUT2D eigenvalue weighted by atomic mass is 9.95. The van der Waals surface area contributed by atoms with E-state index >= 15 is 0 Å². The summed E-state index contributed by atoms with van der Waals surface area (Å²) in [5, 5.41) is -0.0509. The van der Waals surface area contributed by atoms with Gasteiger partial charge in [0.1, 0.15) is 11.5 Å². The molecule has 0 fully saturated rings. The summed E-state index contributed by atoms with van der Waals surface area (Å²) in [5.41, 5.74) is 2.00. The first-order chi connectivity index (χ1) is 14.6. The average molecular weight is 443 g/mol. The Kier molecular flexibility index (Phi) is 6.94. The summed E-state index contributed by atoms with van der Waals surface area (Å²) in [6, 6.07) is 15.6. The summed E-state index contributed by atoms with van der Waals surface area (Å²) >= 11 is 0. The zero-order valence-corrected chi connectivity index (χ0v) is 20.4. The molecule has 2 aromatic carbocycles. The lowest BCUT2D eigenvalue weighted by molar-refractivity contribution is -0.241. The van der Waals surface area contributed by atoms with Crippen molar-refractivity contribution in [1.82, 2.24) is 0 Å². The van der Waals surface area contributed by atoms with Crippen molar-refractivity contribution in [2.45, 2.75) is 70.2 Å². The highest BCUT2D eigenvalue weighted by Crippen LogP contribution is 2.44. The van der Waals surface area contributed by atoms with Crippen LogP contribution in [0.3, 0.4) is 0 Å². The molecule has 2 aromatic rings. The van der Waals surface area contributed by atoms with E-state index in [0.717, 1.165) is 23.2 Å². The van der Waals surface area contributed by atoms with Crippen LogP contribution in [0.15, 0.2) is 48.5 Å². The Morgan fingerprint density at radius 2 is 1.84 bits per heavy atom. The highest BCUT2D eigenvalue weighted by Gasteiger charge is 2.51. The molecular formula is C25H34O5Si. The Balaban J connectivity index is 1.96. The zero-order chi connectivity index (χ0) is 22.7. The first-order valence-electron chi connectivity index (χ1n) is 10.8. The number of carbonyl (C=O) groups excluding carboxylic acids is 1. The van der Waals surface area contributed by atoms with Crippen molar-refractivity contribution in [3.63, 3.8) is 0 Å². The Hall–Kier alpha value is -2.15. The molecule has 168 valence electrons. The zero-order valence-electron chi connectivity index (χ0n) is 19.4. The molecule has 3 rings (SSSR count). The van der Waals surface area contributed by atoms with E-state index in [1.54, 1.807) is 7.11 Å². The van der Waals surface area contributed by atoms with Crippen LogP contribution in [0.5, 0.6) is 11.5 Å². The second-order valence-electron chi connectivity index (χ2n) is 9.56. The van der Waals surface area contributed by atoms with E-state index in [0.29, 0.717) is 25.2 Å². The van der Waals surface area contributed by atoms with E-state index < -0.39 is 20.2 Å². The van der Waals surface area contributed by atoms with E-state index in [4.69, 9.17) is 18.6 Å². The first kappa shape index (κ1) is 23.5. The van der Waals surface area contributed by atoms with Gasteiger partial charge in [0, 0.05) is 12.0 Å². The van der Waals surface area contributed by atoms with E-state index in [1.807, 2.05) is 48.5 Å². The largest absolute Gasteiger partial charge is 0.496 e. The van der Waals surface area contributed by atoms with Gasteiger partial charge < -0.3 is 23.4 Å². The highest BCUT2D eigenvalue weighted by molar-refractivity contribution is 6.74. The third-order valence-electron chi connectivity index (χ3n) is 6.43. The smallest absolute Gasteiger partial charge is 0.243 e. The maximum atomic E-state index is 12.4. The fourth-order valence-electron chi connectivity index (χ4n) is 3.49. The molecule has 1 heterocycles. The van der Waals surface area contributed by atoms with Crippen LogP contribution in [-0.4, -0.2) is 33.6 Å². The number of hydrogen-bond donors (Lipinski definition) is 0. The molecule has 0 aliphatic carbocycles. The van der Waals surface area contributed by atoms with Crippen LogP contribution in [-0.2, 0) is 27.0 Å². The molecule has 0 saturated carbocycles. The van der Waals surface area contributed by atoms with Gasteiger partial charge in [-0.25, -0.2) is 0 Å². The number of hydrogen-bond acceptors (Lipinski definition) is 5. The molecule has 0 spiro atoms. The molecular weight excluding hydrogens is 408 g/mol. The van der Waals surface area contributed by atoms with Gasteiger partial charge in [0.05, 0.1) is 13.7 Å². The number of benzene rings is 2. The monoisotopic (exact) mass is 442 g/mol. The van der Waals surface area contributed by atoms with Gasteiger partial charge in [-0.2, -0.15) is 0 Å². The van der Waals surface area contributed by atoms with Crippen molar-refractivity contribution in [2.24, 2.45) is 0 Å². The van der Waals surface area contributed by atoms with Crippen LogP contribution in [0.4, 0.5) is 0 Å². The second kappa shape index (κ2) is 9.15. The number of carbonyl (C=O) groups is 1. The summed E-state index contributed by atoms with van der Waals surface area (Å²) in [7, 11) is -0.603. The molecule has 1 aliphatic rings. The standard InChI is InChI=1S/C25H34O5Si/c1-24(2,3)31(5,6)30-23(17-26)25(28-18-19-11-8-7-9-12-19)16-15-20-21(27-4)13-10-14-22(20)29-25/h7-14,17,23H,15-16,18H2,1-6H3/t23-,25-/m1/s1. The molecule has 6 heteroatoms. The Labute approximate surface area is 186 Å². The van der Waals surface area contributed by atoms with Gasteiger partial charge in [-0.1, -0.05) is 57.2 Å². The summed E-state index contributed by atoms with van der Waals surface area (Å²) in [5.74, 6) is 0.249. The third-order valence-corrected chi connectivity index (χ3v) is 10.9. The average Bonchev–Trinajstić information content (AvgIpc) is 2.75. The van der Waals surface area contributed by atoms with Crippen LogP contribution in [0, 0.1) is 0 Å². The molecule has 1 aliphatic heterocycles.